The molecule has 3 atom stereocenters. The Kier molecular flexibility index (Phi) is 6.09. The van der Waals surface area contributed by atoms with E-state index >= 15 is 0 Å². The SMILES string of the molecule is CCN(C(C)CC(=O)O)C1CCOC(C(C)C)C1. The quantitative estimate of drug-likeness (QED) is 0.793. The summed E-state index contributed by atoms with van der Waals surface area (Å²) in [5, 5.41) is 8.92. The van der Waals surface area contributed by atoms with Crippen LogP contribution in [0.2, 0.25) is 0 Å². The Morgan fingerprint density at radius 2 is 2.11 bits per heavy atom. The van der Waals surface area contributed by atoms with Gasteiger partial charge in [-0.3, -0.25) is 9.69 Å². The molecule has 0 spiro atoms. The zero-order chi connectivity index (χ0) is 13.7. The van der Waals surface area contributed by atoms with Gasteiger partial charge in [-0.25, -0.2) is 0 Å². The molecule has 0 aromatic carbocycles. The summed E-state index contributed by atoms with van der Waals surface area (Å²) in [6.45, 7) is 10.2. The maximum absolute atomic E-state index is 10.8. The highest BCUT2D eigenvalue weighted by Gasteiger charge is 2.30. The van der Waals surface area contributed by atoms with Gasteiger partial charge in [0.05, 0.1) is 12.5 Å². The topological polar surface area (TPSA) is 49.8 Å². The predicted octanol–water partition coefficient (Wildman–Crippen LogP) is 2.38. The molecular formula is C14H27NO3. The number of carboxylic acid groups (broad SMARTS) is 1. The Morgan fingerprint density at radius 1 is 1.44 bits per heavy atom. The van der Waals surface area contributed by atoms with Gasteiger partial charge in [0.25, 0.3) is 0 Å². The van der Waals surface area contributed by atoms with E-state index in [1.54, 1.807) is 0 Å². The summed E-state index contributed by atoms with van der Waals surface area (Å²) >= 11 is 0. The minimum Gasteiger partial charge on any atom is -0.481 e. The van der Waals surface area contributed by atoms with E-state index in [1.165, 1.54) is 0 Å². The van der Waals surface area contributed by atoms with Crippen LogP contribution < -0.4 is 0 Å². The standard InChI is InChI=1S/C14H27NO3/c1-5-15(11(4)8-14(16)17)12-6-7-18-13(9-12)10(2)3/h10-13H,5-9H2,1-4H3,(H,16,17). The van der Waals surface area contributed by atoms with Crippen LogP contribution in [0.4, 0.5) is 0 Å². The molecule has 106 valence electrons. The van der Waals surface area contributed by atoms with Crippen LogP contribution in [-0.2, 0) is 9.53 Å². The Morgan fingerprint density at radius 3 is 2.61 bits per heavy atom. The smallest absolute Gasteiger partial charge is 0.304 e. The molecule has 4 heteroatoms. The molecular weight excluding hydrogens is 230 g/mol. The van der Waals surface area contributed by atoms with Crippen molar-refractivity contribution >= 4 is 5.97 Å². The molecule has 1 heterocycles. The fourth-order valence-electron chi connectivity index (χ4n) is 2.88. The number of carboxylic acids is 1. The summed E-state index contributed by atoms with van der Waals surface area (Å²) in [5.41, 5.74) is 0. The van der Waals surface area contributed by atoms with Gasteiger partial charge in [0.1, 0.15) is 0 Å². The third kappa shape index (κ3) is 4.25. The lowest BCUT2D eigenvalue weighted by atomic mass is 9.93. The van der Waals surface area contributed by atoms with Crippen molar-refractivity contribution in [2.24, 2.45) is 5.92 Å². The second-order valence-electron chi connectivity index (χ2n) is 5.61. The van der Waals surface area contributed by atoms with Crippen LogP contribution in [-0.4, -0.2) is 47.3 Å². The molecule has 1 aliphatic rings. The molecule has 1 aliphatic heterocycles. The molecule has 0 amide bonds. The van der Waals surface area contributed by atoms with Crippen molar-refractivity contribution in [2.45, 2.75) is 65.1 Å². The van der Waals surface area contributed by atoms with Gasteiger partial charge >= 0.3 is 5.97 Å². The highest BCUT2D eigenvalue weighted by atomic mass is 16.5. The predicted molar refractivity (Wildman–Crippen MR) is 71.7 cm³/mol. The van der Waals surface area contributed by atoms with Gasteiger partial charge in [-0.2, -0.15) is 0 Å². The molecule has 1 N–H and O–H groups in total. The maximum atomic E-state index is 10.8. The van der Waals surface area contributed by atoms with Crippen molar-refractivity contribution in [3.63, 3.8) is 0 Å². The molecule has 4 nitrogen and oxygen atoms in total. The summed E-state index contributed by atoms with van der Waals surface area (Å²) in [5.74, 6) is -0.185. The fraction of sp³-hybridized carbons (Fsp3) is 0.929. The third-order valence-corrected chi connectivity index (χ3v) is 3.90. The van der Waals surface area contributed by atoms with E-state index in [0.717, 1.165) is 26.0 Å². The highest BCUT2D eigenvalue weighted by Crippen LogP contribution is 2.25. The van der Waals surface area contributed by atoms with E-state index < -0.39 is 5.97 Å². The first-order chi connectivity index (χ1) is 8.45. The van der Waals surface area contributed by atoms with Crippen molar-refractivity contribution in [1.29, 1.82) is 0 Å². The van der Waals surface area contributed by atoms with Gasteiger partial charge in [0, 0.05) is 18.7 Å². The van der Waals surface area contributed by atoms with Crippen LogP contribution in [0.3, 0.4) is 0 Å². The van der Waals surface area contributed by atoms with Crippen molar-refractivity contribution < 1.29 is 14.6 Å². The average molecular weight is 257 g/mol. The minimum absolute atomic E-state index is 0.100. The molecule has 1 rings (SSSR count). The molecule has 18 heavy (non-hydrogen) atoms. The Hall–Kier alpha value is -0.610. The van der Waals surface area contributed by atoms with E-state index in [4.69, 9.17) is 9.84 Å². The van der Waals surface area contributed by atoms with Crippen molar-refractivity contribution in [3.8, 4) is 0 Å². The summed E-state index contributed by atoms with van der Waals surface area (Å²) in [6.07, 6.45) is 2.57. The molecule has 1 saturated heterocycles. The van der Waals surface area contributed by atoms with Crippen LogP contribution in [0.25, 0.3) is 0 Å². The lowest BCUT2D eigenvalue weighted by molar-refractivity contribution is -0.138. The van der Waals surface area contributed by atoms with Crippen LogP contribution in [0.15, 0.2) is 0 Å². The lowest BCUT2D eigenvalue weighted by Gasteiger charge is -2.41. The summed E-state index contributed by atoms with van der Waals surface area (Å²) in [4.78, 5) is 13.2. The van der Waals surface area contributed by atoms with E-state index in [0.29, 0.717) is 18.1 Å². The first kappa shape index (κ1) is 15.4. The van der Waals surface area contributed by atoms with Crippen molar-refractivity contribution in [3.05, 3.63) is 0 Å². The number of nitrogens with zero attached hydrogens (tertiary/aromatic N) is 1. The van der Waals surface area contributed by atoms with Gasteiger partial charge < -0.3 is 9.84 Å². The zero-order valence-corrected chi connectivity index (χ0v) is 12.1. The lowest BCUT2D eigenvalue weighted by Crippen LogP contribution is -2.48. The largest absolute Gasteiger partial charge is 0.481 e. The van der Waals surface area contributed by atoms with Gasteiger partial charge in [-0.1, -0.05) is 20.8 Å². The van der Waals surface area contributed by atoms with E-state index in [9.17, 15) is 4.79 Å². The molecule has 0 bridgehead atoms. The molecule has 0 aromatic heterocycles. The van der Waals surface area contributed by atoms with Crippen LogP contribution in [0.1, 0.15) is 47.0 Å². The number of hydrogen-bond donors (Lipinski definition) is 1. The molecule has 0 aromatic rings. The van der Waals surface area contributed by atoms with E-state index in [1.807, 2.05) is 6.92 Å². The molecule has 0 radical (unpaired) electrons. The van der Waals surface area contributed by atoms with Crippen molar-refractivity contribution in [2.75, 3.05) is 13.2 Å². The molecule has 0 saturated carbocycles. The Balaban J connectivity index is 2.61. The fourth-order valence-corrected chi connectivity index (χ4v) is 2.88. The van der Waals surface area contributed by atoms with Crippen molar-refractivity contribution in [1.82, 2.24) is 4.90 Å². The summed E-state index contributed by atoms with van der Waals surface area (Å²) < 4.78 is 5.78. The molecule has 0 aliphatic carbocycles. The zero-order valence-electron chi connectivity index (χ0n) is 12.1. The first-order valence-corrected chi connectivity index (χ1v) is 7.04. The molecule has 1 fully saturated rings. The second kappa shape index (κ2) is 7.10. The van der Waals surface area contributed by atoms with Crippen LogP contribution in [0.5, 0.6) is 0 Å². The normalized spacial score (nSPS) is 26.6. The number of aliphatic carboxylic acids is 1. The van der Waals surface area contributed by atoms with Gasteiger partial charge in [0.15, 0.2) is 0 Å². The van der Waals surface area contributed by atoms with Crippen LogP contribution >= 0.6 is 0 Å². The number of ether oxygens (including phenoxy) is 1. The highest BCUT2D eigenvalue weighted by molar-refractivity contribution is 5.67. The summed E-state index contributed by atoms with van der Waals surface area (Å²) in [6, 6.07) is 0.564. The number of hydrogen-bond acceptors (Lipinski definition) is 3. The third-order valence-electron chi connectivity index (χ3n) is 3.90. The maximum Gasteiger partial charge on any atom is 0.304 e. The van der Waals surface area contributed by atoms with Gasteiger partial charge in [-0.15, -0.1) is 0 Å². The number of carbonyl (C=O) groups is 1. The molecule has 3 unspecified atom stereocenters. The summed E-state index contributed by atoms with van der Waals surface area (Å²) in [7, 11) is 0. The first-order valence-electron chi connectivity index (χ1n) is 7.04. The minimum atomic E-state index is -0.714. The van der Waals surface area contributed by atoms with Gasteiger partial charge in [-0.05, 0) is 32.2 Å². The average Bonchev–Trinajstić information content (AvgIpc) is 2.29. The van der Waals surface area contributed by atoms with Gasteiger partial charge in [0.2, 0.25) is 0 Å². The Labute approximate surface area is 110 Å². The van der Waals surface area contributed by atoms with E-state index in [2.05, 4.69) is 25.7 Å². The number of rotatable bonds is 6. The van der Waals surface area contributed by atoms with Crippen LogP contribution in [0, 0.1) is 5.92 Å². The van der Waals surface area contributed by atoms with E-state index in [-0.39, 0.29) is 12.5 Å². The Bertz CT molecular complexity index is 268. The second-order valence-corrected chi connectivity index (χ2v) is 5.61. The monoisotopic (exact) mass is 257 g/mol.